The molecule has 0 aliphatic carbocycles. The van der Waals surface area contributed by atoms with Crippen LogP contribution in [0.15, 0.2) is 57.3 Å². The van der Waals surface area contributed by atoms with Gasteiger partial charge in [-0.1, -0.05) is 34.1 Å². The topological polar surface area (TPSA) is 26.5 Å². The lowest BCUT2D eigenvalue weighted by Crippen LogP contribution is -2.23. The Bertz CT molecular complexity index is 937. The third kappa shape index (κ3) is 4.34. The number of methoxy groups -OCH3 is 1. The molecule has 2 aromatic carbocycles. The van der Waals surface area contributed by atoms with E-state index in [9.17, 15) is 0 Å². The average molecular weight is 431 g/mol. The van der Waals surface area contributed by atoms with Crippen LogP contribution < -0.4 is 4.80 Å². The van der Waals surface area contributed by atoms with Crippen molar-refractivity contribution >= 4 is 33.0 Å². The molecule has 1 aromatic heterocycles. The second-order valence-electron chi connectivity index (χ2n) is 6.54. The Kier molecular flexibility index (Phi) is 6.12. The Morgan fingerprint density at radius 3 is 2.38 bits per heavy atom. The fraction of sp³-hybridized carbons (Fsp3) is 0.286. The van der Waals surface area contributed by atoms with E-state index < -0.39 is 0 Å². The van der Waals surface area contributed by atoms with E-state index in [0.717, 1.165) is 20.7 Å². The van der Waals surface area contributed by atoms with Gasteiger partial charge in [0, 0.05) is 17.0 Å². The van der Waals surface area contributed by atoms with Gasteiger partial charge in [0.05, 0.1) is 24.0 Å². The van der Waals surface area contributed by atoms with E-state index in [0.29, 0.717) is 6.61 Å². The van der Waals surface area contributed by atoms with Gasteiger partial charge in [-0.2, -0.15) is 0 Å². The molecule has 136 valence electrons. The number of thiazole rings is 1. The SMILES string of the molecule is COCC(C)n1c(-c2ccc(Br)cc2)csc1=Nc1cc(C)cc(C)c1. The van der Waals surface area contributed by atoms with E-state index in [1.807, 2.05) is 0 Å². The van der Waals surface area contributed by atoms with Gasteiger partial charge < -0.3 is 9.30 Å². The first-order valence-electron chi connectivity index (χ1n) is 8.56. The van der Waals surface area contributed by atoms with E-state index in [1.54, 1.807) is 18.4 Å². The van der Waals surface area contributed by atoms with Crippen molar-refractivity contribution in [3.63, 3.8) is 0 Å². The largest absolute Gasteiger partial charge is 0.383 e. The third-order valence-electron chi connectivity index (χ3n) is 4.16. The van der Waals surface area contributed by atoms with Crippen LogP contribution in [0.1, 0.15) is 24.1 Å². The number of halogens is 1. The standard InChI is InChI=1S/C21H23BrN2OS/c1-14-9-15(2)11-19(10-14)23-21-24(16(3)12-25-4)20(13-26-21)17-5-7-18(22)8-6-17/h5-11,13,16H,12H2,1-4H3. The molecule has 3 aromatic rings. The summed E-state index contributed by atoms with van der Waals surface area (Å²) in [6, 6.07) is 15.0. The summed E-state index contributed by atoms with van der Waals surface area (Å²) in [7, 11) is 1.74. The lowest BCUT2D eigenvalue weighted by molar-refractivity contribution is 0.162. The third-order valence-corrected chi connectivity index (χ3v) is 5.53. The average Bonchev–Trinajstić information content (AvgIpc) is 2.98. The predicted molar refractivity (Wildman–Crippen MR) is 113 cm³/mol. The van der Waals surface area contributed by atoms with Gasteiger partial charge in [0.1, 0.15) is 0 Å². The molecule has 0 saturated heterocycles. The number of nitrogens with zero attached hydrogens (tertiary/aromatic N) is 2. The van der Waals surface area contributed by atoms with Crippen LogP contribution in [-0.4, -0.2) is 18.3 Å². The molecular weight excluding hydrogens is 408 g/mol. The molecule has 0 amide bonds. The monoisotopic (exact) mass is 430 g/mol. The van der Waals surface area contributed by atoms with Gasteiger partial charge in [0.25, 0.3) is 0 Å². The van der Waals surface area contributed by atoms with Gasteiger partial charge in [-0.25, -0.2) is 4.99 Å². The van der Waals surface area contributed by atoms with Crippen molar-refractivity contribution in [2.75, 3.05) is 13.7 Å². The predicted octanol–water partition coefficient (Wildman–Crippen LogP) is 6.04. The molecule has 0 saturated carbocycles. The molecule has 1 heterocycles. The van der Waals surface area contributed by atoms with Crippen LogP contribution in [0.25, 0.3) is 11.3 Å². The highest BCUT2D eigenvalue weighted by molar-refractivity contribution is 9.10. The molecule has 5 heteroatoms. The fourth-order valence-electron chi connectivity index (χ4n) is 3.10. The van der Waals surface area contributed by atoms with Gasteiger partial charge in [0.2, 0.25) is 0 Å². The molecule has 1 unspecified atom stereocenters. The summed E-state index contributed by atoms with van der Waals surface area (Å²) in [5, 5.41) is 2.18. The number of hydrogen-bond donors (Lipinski definition) is 0. The van der Waals surface area contributed by atoms with E-state index >= 15 is 0 Å². The Morgan fingerprint density at radius 2 is 1.77 bits per heavy atom. The van der Waals surface area contributed by atoms with Crippen LogP contribution in [0.4, 0.5) is 5.69 Å². The van der Waals surface area contributed by atoms with Gasteiger partial charge in [-0.15, -0.1) is 11.3 Å². The van der Waals surface area contributed by atoms with Crippen molar-refractivity contribution in [1.29, 1.82) is 0 Å². The summed E-state index contributed by atoms with van der Waals surface area (Å²) >= 11 is 5.18. The minimum Gasteiger partial charge on any atom is -0.383 e. The highest BCUT2D eigenvalue weighted by Crippen LogP contribution is 2.26. The Labute approximate surface area is 167 Å². The van der Waals surface area contributed by atoms with Gasteiger partial charge in [-0.05, 0) is 61.7 Å². The summed E-state index contributed by atoms with van der Waals surface area (Å²) in [6.07, 6.45) is 0. The van der Waals surface area contributed by atoms with Crippen molar-refractivity contribution in [3.05, 3.63) is 68.2 Å². The van der Waals surface area contributed by atoms with Crippen molar-refractivity contribution in [2.45, 2.75) is 26.8 Å². The number of ether oxygens (including phenoxy) is 1. The zero-order valence-electron chi connectivity index (χ0n) is 15.5. The van der Waals surface area contributed by atoms with E-state index in [4.69, 9.17) is 9.73 Å². The van der Waals surface area contributed by atoms with E-state index in [-0.39, 0.29) is 6.04 Å². The van der Waals surface area contributed by atoms with Crippen molar-refractivity contribution < 1.29 is 4.74 Å². The van der Waals surface area contributed by atoms with Crippen molar-refractivity contribution in [3.8, 4) is 11.3 Å². The smallest absolute Gasteiger partial charge is 0.190 e. The van der Waals surface area contributed by atoms with E-state index in [2.05, 4.69) is 89.1 Å². The molecular formula is C21H23BrN2OS. The minimum atomic E-state index is 0.189. The van der Waals surface area contributed by atoms with Crippen LogP contribution in [0.2, 0.25) is 0 Å². The maximum atomic E-state index is 5.42. The summed E-state index contributed by atoms with van der Waals surface area (Å²) in [6.45, 7) is 7.02. The van der Waals surface area contributed by atoms with E-state index in [1.165, 1.54) is 16.7 Å². The first kappa shape index (κ1) is 19.1. The summed E-state index contributed by atoms with van der Waals surface area (Å²) in [5.74, 6) is 0. The highest BCUT2D eigenvalue weighted by atomic mass is 79.9. The second kappa shape index (κ2) is 8.33. The molecule has 3 rings (SSSR count). The van der Waals surface area contributed by atoms with Gasteiger partial charge >= 0.3 is 0 Å². The molecule has 0 spiro atoms. The minimum absolute atomic E-state index is 0.189. The van der Waals surface area contributed by atoms with Crippen LogP contribution in [0, 0.1) is 13.8 Å². The highest BCUT2D eigenvalue weighted by Gasteiger charge is 2.14. The molecule has 3 nitrogen and oxygen atoms in total. The number of aryl methyl sites for hydroxylation is 2. The maximum Gasteiger partial charge on any atom is 0.190 e. The number of rotatable bonds is 5. The Hall–Kier alpha value is -1.69. The fourth-order valence-corrected chi connectivity index (χ4v) is 4.38. The van der Waals surface area contributed by atoms with Gasteiger partial charge in [-0.3, -0.25) is 0 Å². The lowest BCUT2D eigenvalue weighted by Gasteiger charge is -2.16. The Balaban J connectivity index is 2.16. The molecule has 26 heavy (non-hydrogen) atoms. The van der Waals surface area contributed by atoms with Crippen LogP contribution >= 0.6 is 27.3 Å². The number of aromatic nitrogens is 1. The molecule has 0 aliphatic heterocycles. The van der Waals surface area contributed by atoms with Crippen molar-refractivity contribution in [2.24, 2.45) is 4.99 Å². The normalized spacial score (nSPS) is 13.2. The maximum absolute atomic E-state index is 5.42. The molecule has 0 fully saturated rings. The lowest BCUT2D eigenvalue weighted by atomic mass is 10.1. The molecule has 0 bridgehead atoms. The first-order chi connectivity index (χ1) is 12.5. The Morgan fingerprint density at radius 1 is 1.12 bits per heavy atom. The number of hydrogen-bond acceptors (Lipinski definition) is 3. The molecule has 0 radical (unpaired) electrons. The van der Waals surface area contributed by atoms with Crippen LogP contribution in [0.5, 0.6) is 0 Å². The first-order valence-corrected chi connectivity index (χ1v) is 10.2. The summed E-state index contributed by atoms with van der Waals surface area (Å²) in [5.41, 5.74) is 5.78. The quantitative estimate of drug-likeness (QED) is 0.484. The summed E-state index contributed by atoms with van der Waals surface area (Å²) < 4.78 is 8.77. The number of benzene rings is 2. The van der Waals surface area contributed by atoms with Crippen molar-refractivity contribution in [1.82, 2.24) is 4.57 Å². The summed E-state index contributed by atoms with van der Waals surface area (Å²) in [4.78, 5) is 5.93. The molecule has 0 N–H and O–H groups in total. The second-order valence-corrected chi connectivity index (χ2v) is 8.29. The molecule has 0 aliphatic rings. The zero-order valence-corrected chi connectivity index (χ0v) is 17.9. The van der Waals surface area contributed by atoms with Crippen LogP contribution in [-0.2, 0) is 4.74 Å². The molecule has 1 atom stereocenters. The van der Waals surface area contributed by atoms with Gasteiger partial charge in [0.15, 0.2) is 4.80 Å². The van der Waals surface area contributed by atoms with Crippen LogP contribution in [0.3, 0.4) is 0 Å². The zero-order chi connectivity index (χ0) is 18.7.